The Morgan fingerprint density at radius 1 is 1.06 bits per heavy atom. The fraction of sp³-hybridized carbons (Fsp3) is 0.333. The van der Waals surface area contributed by atoms with Crippen LogP contribution in [0.2, 0.25) is 0 Å². The van der Waals surface area contributed by atoms with Gasteiger partial charge in [-0.2, -0.15) is 0 Å². The highest BCUT2D eigenvalue weighted by Gasteiger charge is 2.08. The Bertz CT molecular complexity index is 481. The van der Waals surface area contributed by atoms with E-state index in [1.807, 2.05) is 0 Å². The first-order valence-electron chi connectivity index (χ1n) is 5.73. The van der Waals surface area contributed by atoms with Crippen LogP contribution in [0.4, 0.5) is 0 Å². The molecule has 0 unspecified atom stereocenters. The molecule has 2 aromatic carbocycles. The smallest absolute Gasteiger partial charge is 0.0719 e. The molecule has 0 aromatic heterocycles. The van der Waals surface area contributed by atoms with Gasteiger partial charge in [-0.3, -0.25) is 0 Å². The molecule has 0 amide bonds. The van der Waals surface area contributed by atoms with E-state index in [2.05, 4.69) is 50.2 Å². The van der Waals surface area contributed by atoms with Crippen molar-refractivity contribution in [2.75, 3.05) is 7.11 Å². The van der Waals surface area contributed by atoms with Crippen LogP contribution in [0.25, 0.3) is 10.8 Å². The maximum atomic E-state index is 5.27. The molecule has 0 atom stereocenters. The Labute approximate surface area is 97.1 Å². The highest BCUT2D eigenvalue weighted by molar-refractivity contribution is 5.89. The van der Waals surface area contributed by atoms with Gasteiger partial charge < -0.3 is 4.74 Å². The molecule has 0 saturated carbocycles. The second-order valence-corrected chi connectivity index (χ2v) is 4.45. The van der Waals surface area contributed by atoms with Crippen LogP contribution in [-0.4, -0.2) is 7.11 Å². The van der Waals surface area contributed by atoms with E-state index < -0.39 is 0 Å². The van der Waals surface area contributed by atoms with Crippen molar-refractivity contribution in [2.45, 2.75) is 26.4 Å². The molecule has 16 heavy (non-hydrogen) atoms. The van der Waals surface area contributed by atoms with E-state index >= 15 is 0 Å². The molecule has 0 bridgehead atoms. The number of rotatable bonds is 3. The molecule has 0 fully saturated rings. The zero-order chi connectivity index (χ0) is 11.5. The number of methoxy groups -OCH3 is 1. The summed E-state index contributed by atoms with van der Waals surface area (Å²) in [7, 11) is 1.75. The van der Waals surface area contributed by atoms with Crippen molar-refractivity contribution in [3.8, 4) is 0 Å². The van der Waals surface area contributed by atoms with Crippen molar-refractivity contribution in [1.29, 1.82) is 0 Å². The summed E-state index contributed by atoms with van der Waals surface area (Å²) in [5.41, 5.74) is 2.69. The molecule has 0 N–H and O–H groups in total. The molecule has 0 saturated heterocycles. The zero-order valence-electron chi connectivity index (χ0n) is 10.2. The van der Waals surface area contributed by atoms with E-state index in [0.29, 0.717) is 12.5 Å². The maximum absolute atomic E-state index is 5.27. The molecule has 84 valence electrons. The minimum Gasteiger partial charge on any atom is -0.380 e. The van der Waals surface area contributed by atoms with Crippen LogP contribution >= 0.6 is 0 Å². The molecule has 0 radical (unpaired) electrons. The molecule has 2 aromatic rings. The lowest BCUT2D eigenvalue weighted by atomic mass is 9.93. The van der Waals surface area contributed by atoms with E-state index in [4.69, 9.17) is 4.74 Å². The minimum absolute atomic E-state index is 0.543. The molecular formula is C15H18O. The van der Waals surface area contributed by atoms with Crippen LogP contribution in [0.1, 0.15) is 30.9 Å². The predicted octanol–water partition coefficient (Wildman–Crippen LogP) is 4.11. The van der Waals surface area contributed by atoms with Gasteiger partial charge >= 0.3 is 0 Å². The Hall–Kier alpha value is -1.34. The van der Waals surface area contributed by atoms with Crippen LogP contribution in [0.5, 0.6) is 0 Å². The van der Waals surface area contributed by atoms with Crippen molar-refractivity contribution in [3.63, 3.8) is 0 Å². The monoisotopic (exact) mass is 214 g/mol. The fourth-order valence-corrected chi connectivity index (χ4v) is 2.21. The number of hydrogen-bond acceptors (Lipinski definition) is 1. The van der Waals surface area contributed by atoms with Crippen molar-refractivity contribution in [3.05, 3.63) is 47.5 Å². The average Bonchev–Trinajstić information content (AvgIpc) is 2.29. The van der Waals surface area contributed by atoms with E-state index in [9.17, 15) is 0 Å². The molecule has 0 spiro atoms. The van der Waals surface area contributed by atoms with Crippen LogP contribution < -0.4 is 0 Å². The summed E-state index contributed by atoms with van der Waals surface area (Å²) in [4.78, 5) is 0. The van der Waals surface area contributed by atoms with Crippen LogP contribution in [0, 0.1) is 0 Å². The fourth-order valence-electron chi connectivity index (χ4n) is 2.21. The maximum Gasteiger partial charge on any atom is 0.0719 e. The van der Waals surface area contributed by atoms with Gasteiger partial charge in [0.1, 0.15) is 0 Å². The van der Waals surface area contributed by atoms with Crippen LogP contribution in [0.3, 0.4) is 0 Å². The third-order valence-corrected chi connectivity index (χ3v) is 2.95. The van der Waals surface area contributed by atoms with Gasteiger partial charge in [0.05, 0.1) is 6.61 Å². The van der Waals surface area contributed by atoms with E-state index in [0.717, 1.165) is 0 Å². The molecule has 0 aliphatic heterocycles. The summed E-state index contributed by atoms with van der Waals surface area (Å²) in [5, 5.41) is 2.67. The highest BCUT2D eigenvalue weighted by Crippen LogP contribution is 2.28. The molecule has 1 heteroatoms. The van der Waals surface area contributed by atoms with Gasteiger partial charge in [-0.05, 0) is 27.8 Å². The summed E-state index contributed by atoms with van der Waals surface area (Å²) < 4.78 is 5.27. The summed E-state index contributed by atoms with van der Waals surface area (Å²) >= 11 is 0. The van der Waals surface area contributed by atoms with Gasteiger partial charge in [-0.15, -0.1) is 0 Å². The largest absolute Gasteiger partial charge is 0.380 e. The summed E-state index contributed by atoms with van der Waals surface area (Å²) in [6.07, 6.45) is 0. The van der Waals surface area contributed by atoms with Crippen molar-refractivity contribution in [1.82, 2.24) is 0 Å². The molecule has 2 rings (SSSR count). The second kappa shape index (κ2) is 4.67. The standard InChI is InChI=1S/C15H18O/c1-11(2)14-9-5-7-12-6-4-8-13(10-16-3)15(12)14/h4-9,11H,10H2,1-3H3. The second-order valence-electron chi connectivity index (χ2n) is 4.45. The third-order valence-electron chi connectivity index (χ3n) is 2.95. The lowest BCUT2D eigenvalue weighted by molar-refractivity contribution is 0.186. The zero-order valence-corrected chi connectivity index (χ0v) is 10.2. The molecule has 0 aliphatic rings. The van der Waals surface area contributed by atoms with Gasteiger partial charge in [0, 0.05) is 7.11 Å². The first-order valence-corrected chi connectivity index (χ1v) is 5.73. The van der Waals surface area contributed by atoms with E-state index in [-0.39, 0.29) is 0 Å². The third kappa shape index (κ3) is 1.96. The topological polar surface area (TPSA) is 9.23 Å². The first kappa shape index (κ1) is 11.2. The van der Waals surface area contributed by atoms with Crippen LogP contribution in [-0.2, 0) is 11.3 Å². The highest BCUT2D eigenvalue weighted by atomic mass is 16.5. The summed E-state index contributed by atoms with van der Waals surface area (Å²) in [6.45, 7) is 5.15. The normalized spacial score (nSPS) is 11.2. The average molecular weight is 214 g/mol. The molecule has 0 heterocycles. The molecule has 1 nitrogen and oxygen atoms in total. The minimum atomic E-state index is 0.543. The van der Waals surface area contributed by atoms with Crippen molar-refractivity contribution >= 4 is 10.8 Å². The van der Waals surface area contributed by atoms with E-state index in [1.54, 1.807) is 7.11 Å². The SMILES string of the molecule is COCc1cccc2cccc(C(C)C)c12. The molecular weight excluding hydrogens is 196 g/mol. The Morgan fingerprint density at radius 2 is 1.75 bits per heavy atom. The number of fused-ring (bicyclic) bond motifs is 1. The van der Waals surface area contributed by atoms with Crippen molar-refractivity contribution < 1.29 is 4.74 Å². The van der Waals surface area contributed by atoms with Gasteiger partial charge in [-0.25, -0.2) is 0 Å². The van der Waals surface area contributed by atoms with E-state index in [1.165, 1.54) is 21.9 Å². The Morgan fingerprint density at radius 3 is 2.38 bits per heavy atom. The summed E-state index contributed by atoms with van der Waals surface area (Å²) in [5.74, 6) is 0.543. The summed E-state index contributed by atoms with van der Waals surface area (Å²) in [6, 6.07) is 12.9. The quantitative estimate of drug-likeness (QED) is 0.747. The lowest BCUT2D eigenvalue weighted by Crippen LogP contribution is -1.95. The Kier molecular flexibility index (Phi) is 3.25. The Balaban J connectivity index is 2.71. The van der Waals surface area contributed by atoms with Gasteiger partial charge in [0.25, 0.3) is 0 Å². The number of ether oxygens (including phenoxy) is 1. The van der Waals surface area contributed by atoms with Gasteiger partial charge in [-0.1, -0.05) is 50.2 Å². The predicted molar refractivity (Wildman–Crippen MR) is 68.8 cm³/mol. The lowest BCUT2D eigenvalue weighted by Gasteiger charge is -2.13. The number of hydrogen-bond donors (Lipinski definition) is 0. The van der Waals surface area contributed by atoms with Gasteiger partial charge in [0.15, 0.2) is 0 Å². The first-order chi connectivity index (χ1) is 7.74. The van der Waals surface area contributed by atoms with Crippen LogP contribution in [0.15, 0.2) is 36.4 Å². The van der Waals surface area contributed by atoms with Gasteiger partial charge in [0.2, 0.25) is 0 Å². The number of benzene rings is 2. The molecule has 0 aliphatic carbocycles. The van der Waals surface area contributed by atoms with Crippen molar-refractivity contribution in [2.24, 2.45) is 0 Å².